The molecule has 0 atom stereocenters. The maximum atomic E-state index is 8.88. The standard InChI is InChI=1S/C12H15N5S/c1-9(2)4-3-6-14-12(18)16-11-10(8-13)5-7-15-17-11/h4-5,7H,3,6H2,1-2H3,(H2,14,16,17,18). The minimum absolute atomic E-state index is 0.375. The Morgan fingerprint density at radius 2 is 2.33 bits per heavy atom. The number of nitrogens with one attached hydrogen (secondary N) is 2. The summed E-state index contributed by atoms with van der Waals surface area (Å²) >= 11 is 5.10. The summed E-state index contributed by atoms with van der Waals surface area (Å²) in [6.07, 6.45) is 4.49. The van der Waals surface area contributed by atoms with Gasteiger partial charge >= 0.3 is 0 Å². The van der Waals surface area contributed by atoms with Crippen LogP contribution in [-0.2, 0) is 0 Å². The third kappa shape index (κ3) is 4.89. The number of thiocarbonyl (C=S) groups is 1. The van der Waals surface area contributed by atoms with Gasteiger partial charge in [-0.2, -0.15) is 10.4 Å². The van der Waals surface area contributed by atoms with E-state index in [1.165, 1.54) is 11.8 Å². The summed E-state index contributed by atoms with van der Waals surface area (Å²) in [4.78, 5) is 0. The molecular weight excluding hydrogens is 246 g/mol. The number of allylic oxidation sites excluding steroid dienone is 1. The van der Waals surface area contributed by atoms with Crippen molar-refractivity contribution >= 4 is 23.1 Å². The van der Waals surface area contributed by atoms with E-state index in [1.807, 2.05) is 6.07 Å². The predicted molar refractivity (Wildman–Crippen MR) is 75.0 cm³/mol. The van der Waals surface area contributed by atoms with E-state index in [1.54, 1.807) is 6.07 Å². The van der Waals surface area contributed by atoms with Gasteiger partial charge in [0, 0.05) is 6.54 Å². The number of aromatic nitrogens is 2. The van der Waals surface area contributed by atoms with Crippen molar-refractivity contribution in [3.05, 3.63) is 29.5 Å². The van der Waals surface area contributed by atoms with Gasteiger partial charge in [0.15, 0.2) is 10.9 Å². The lowest BCUT2D eigenvalue weighted by Gasteiger charge is -2.09. The second-order valence-corrected chi connectivity index (χ2v) is 4.26. The smallest absolute Gasteiger partial charge is 0.172 e. The molecule has 0 saturated heterocycles. The molecule has 0 amide bonds. The normalized spacial score (nSPS) is 9.17. The van der Waals surface area contributed by atoms with Gasteiger partial charge < -0.3 is 10.6 Å². The summed E-state index contributed by atoms with van der Waals surface area (Å²) in [7, 11) is 0. The quantitative estimate of drug-likeness (QED) is 0.490. The van der Waals surface area contributed by atoms with Crippen molar-refractivity contribution in [2.45, 2.75) is 20.3 Å². The van der Waals surface area contributed by atoms with E-state index in [2.05, 4.69) is 40.8 Å². The predicted octanol–water partition coefficient (Wildman–Crippen LogP) is 1.99. The van der Waals surface area contributed by atoms with Crippen molar-refractivity contribution in [2.24, 2.45) is 0 Å². The second kappa shape index (κ2) is 7.35. The van der Waals surface area contributed by atoms with E-state index in [0.29, 0.717) is 16.5 Å². The van der Waals surface area contributed by atoms with Crippen molar-refractivity contribution in [3.63, 3.8) is 0 Å². The molecule has 0 aliphatic heterocycles. The number of nitriles is 1. The first-order chi connectivity index (χ1) is 8.63. The average molecular weight is 261 g/mol. The molecule has 6 heteroatoms. The zero-order valence-electron chi connectivity index (χ0n) is 10.4. The van der Waals surface area contributed by atoms with E-state index in [0.717, 1.165) is 13.0 Å². The van der Waals surface area contributed by atoms with Crippen LogP contribution in [0.25, 0.3) is 0 Å². The zero-order valence-corrected chi connectivity index (χ0v) is 11.2. The first-order valence-corrected chi connectivity index (χ1v) is 5.94. The Labute approximate surface area is 112 Å². The second-order valence-electron chi connectivity index (χ2n) is 3.86. The Hall–Kier alpha value is -2.00. The van der Waals surface area contributed by atoms with Gasteiger partial charge in [-0.05, 0) is 38.6 Å². The van der Waals surface area contributed by atoms with Gasteiger partial charge in [-0.25, -0.2) is 0 Å². The van der Waals surface area contributed by atoms with Crippen molar-refractivity contribution in [2.75, 3.05) is 11.9 Å². The summed E-state index contributed by atoms with van der Waals surface area (Å²) in [5, 5.41) is 22.7. The first-order valence-electron chi connectivity index (χ1n) is 5.53. The van der Waals surface area contributed by atoms with Crippen molar-refractivity contribution in [3.8, 4) is 6.07 Å². The molecule has 0 aliphatic rings. The molecule has 0 unspecified atom stereocenters. The van der Waals surface area contributed by atoms with Gasteiger partial charge in [0.1, 0.15) is 6.07 Å². The van der Waals surface area contributed by atoms with Gasteiger partial charge in [0.05, 0.1) is 11.8 Å². The minimum atomic E-state index is 0.375. The fourth-order valence-electron chi connectivity index (χ4n) is 1.21. The molecule has 0 aromatic carbocycles. The molecule has 94 valence electrons. The summed E-state index contributed by atoms with van der Waals surface area (Å²) in [6, 6.07) is 3.61. The van der Waals surface area contributed by atoms with Gasteiger partial charge in [0.25, 0.3) is 0 Å². The molecule has 1 aromatic heterocycles. The van der Waals surface area contributed by atoms with Crippen LogP contribution in [0.5, 0.6) is 0 Å². The molecule has 0 bridgehead atoms. The van der Waals surface area contributed by atoms with Crippen LogP contribution in [0.3, 0.4) is 0 Å². The highest BCUT2D eigenvalue weighted by molar-refractivity contribution is 7.80. The van der Waals surface area contributed by atoms with Crippen LogP contribution in [0, 0.1) is 11.3 Å². The van der Waals surface area contributed by atoms with Crippen molar-refractivity contribution in [1.82, 2.24) is 15.5 Å². The largest absolute Gasteiger partial charge is 0.362 e. The van der Waals surface area contributed by atoms with E-state index >= 15 is 0 Å². The summed E-state index contributed by atoms with van der Waals surface area (Å²) < 4.78 is 0. The van der Waals surface area contributed by atoms with E-state index in [-0.39, 0.29) is 0 Å². The van der Waals surface area contributed by atoms with Crippen LogP contribution in [0.2, 0.25) is 0 Å². The SMILES string of the molecule is CC(C)=CCCNC(=S)Nc1nnccc1C#N. The van der Waals surface area contributed by atoms with Crippen LogP contribution in [0.1, 0.15) is 25.8 Å². The molecule has 0 saturated carbocycles. The van der Waals surface area contributed by atoms with Crippen LogP contribution in [0.15, 0.2) is 23.9 Å². The van der Waals surface area contributed by atoms with Crippen LogP contribution >= 0.6 is 12.2 Å². The molecule has 1 aromatic rings. The molecule has 18 heavy (non-hydrogen) atoms. The number of hydrogen-bond donors (Lipinski definition) is 2. The molecule has 0 fully saturated rings. The zero-order chi connectivity index (χ0) is 13.4. The number of rotatable bonds is 4. The Kier molecular flexibility index (Phi) is 5.74. The van der Waals surface area contributed by atoms with E-state index < -0.39 is 0 Å². The Morgan fingerprint density at radius 1 is 1.56 bits per heavy atom. The third-order valence-electron chi connectivity index (χ3n) is 2.06. The Morgan fingerprint density at radius 3 is 3.00 bits per heavy atom. The lowest BCUT2D eigenvalue weighted by molar-refractivity contribution is 0.890. The van der Waals surface area contributed by atoms with Crippen LogP contribution in [-0.4, -0.2) is 21.9 Å². The van der Waals surface area contributed by atoms with E-state index in [4.69, 9.17) is 17.5 Å². The highest BCUT2D eigenvalue weighted by Crippen LogP contribution is 2.07. The van der Waals surface area contributed by atoms with Crippen molar-refractivity contribution in [1.29, 1.82) is 5.26 Å². The molecule has 1 rings (SSSR count). The molecule has 0 radical (unpaired) electrons. The van der Waals surface area contributed by atoms with Gasteiger partial charge in [-0.1, -0.05) is 11.6 Å². The molecule has 5 nitrogen and oxygen atoms in total. The number of anilines is 1. The summed E-state index contributed by atoms with van der Waals surface area (Å²) in [5.41, 5.74) is 1.69. The Bertz CT molecular complexity index is 485. The molecular formula is C12H15N5S. The summed E-state index contributed by atoms with van der Waals surface area (Å²) in [5.74, 6) is 0.375. The molecule has 1 heterocycles. The fourth-order valence-corrected chi connectivity index (χ4v) is 1.41. The number of hydrogen-bond acceptors (Lipinski definition) is 4. The molecule has 0 spiro atoms. The van der Waals surface area contributed by atoms with E-state index in [9.17, 15) is 0 Å². The molecule has 0 aliphatic carbocycles. The maximum absolute atomic E-state index is 8.88. The van der Waals surface area contributed by atoms with Crippen LogP contribution in [0.4, 0.5) is 5.82 Å². The van der Waals surface area contributed by atoms with Gasteiger partial charge in [-0.15, -0.1) is 5.10 Å². The number of nitrogens with zero attached hydrogens (tertiary/aromatic N) is 3. The lowest BCUT2D eigenvalue weighted by atomic mass is 10.3. The third-order valence-corrected chi connectivity index (χ3v) is 2.30. The Balaban J connectivity index is 2.45. The minimum Gasteiger partial charge on any atom is -0.362 e. The highest BCUT2D eigenvalue weighted by Gasteiger charge is 2.04. The maximum Gasteiger partial charge on any atom is 0.172 e. The molecule has 2 N–H and O–H groups in total. The van der Waals surface area contributed by atoms with Crippen LogP contribution < -0.4 is 10.6 Å². The first kappa shape index (κ1) is 14.1. The van der Waals surface area contributed by atoms with Gasteiger partial charge in [-0.3, -0.25) is 0 Å². The van der Waals surface area contributed by atoms with Crippen molar-refractivity contribution < 1.29 is 0 Å². The monoisotopic (exact) mass is 261 g/mol. The van der Waals surface area contributed by atoms with Gasteiger partial charge in [0.2, 0.25) is 0 Å². The summed E-state index contributed by atoms with van der Waals surface area (Å²) in [6.45, 7) is 4.84. The lowest BCUT2D eigenvalue weighted by Crippen LogP contribution is -2.29. The topological polar surface area (TPSA) is 73.6 Å². The fraction of sp³-hybridized carbons (Fsp3) is 0.333. The highest BCUT2D eigenvalue weighted by atomic mass is 32.1. The average Bonchev–Trinajstić information content (AvgIpc) is 2.35.